The molecule has 1 fully saturated rings. The number of nitro benzene ring substituents is 2. The standard InChI is InChI=1S/C12H15N3O9/c16-4-8-10(17)11(18)9(12(19)24-8)13-6-2-1-5(14(20)21)3-7(6)15(22)23/h1-3,8-13,16-19H,4H2/t8-,9+,10+,11-,12-/m0/s1. The van der Waals surface area contributed by atoms with Gasteiger partial charge in [0.15, 0.2) is 6.29 Å². The molecule has 5 N–H and O–H groups in total. The lowest BCUT2D eigenvalue weighted by atomic mass is 9.96. The predicted octanol–water partition coefficient (Wildman–Crippen LogP) is -1.29. The second kappa shape index (κ2) is 7.02. The first-order valence-corrected chi connectivity index (χ1v) is 6.76. The van der Waals surface area contributed by atoms with E-state index in [0.29, 0.717) is 0 Å². The smallest absolute Gasteiger partial charge is 0.299 e. The first-order chi connectivity index (χ1) is 11.3. The van der Waals surface area contributed by atoms with E-state index < -0.39 is 58.5 Å². The Morgan fingerprint density at radius 1 is 1.12 bits per heavy atom. The minimum absolute atomic E-state index is 0.216. The van der Waals surface area contributed by atoms with Gasteiger partial charge in [-0.15, -0.1) is 0 Å². The number of nitrogens with one attached hydrogen (secondary N) is 1. The number of hydrogen-bond donors (Lipinski definition) is 5. The van der Waals surface area contributed by atoms with Crippen molar-refractivity contribution in [3.8, 4) is 0 Å². The molecule has 0 unspecified atom stereocenters. The zero-order valence-electron chi connectivity index (χ0n) is 12.1. The van der Waals surface area contributed by atoms with Crippen molar-refractivity contribution in [2.45, 2.75) is 30.6 Å². The largest absolute Gasteiger partial charge is 0.394 e. The molecule has 0 amide bonds. The third-order valence-electron chi connectivity index (χ3n) is 3.61. The zero-order valence-corrected chi connectivity index (χ0v) is 12.1. The maximum absolute atomic E-state index is 11.1. The number of non-ortho nitro benzene ring substituents is 1. The van der Waals surface area contributed by atoms with Gasteiger partial charge >= 0.3 is 0 Å². The van der Waals surface area contributed by atoms with E-state index in [9.17, 15) is 35.5 Å². The van der Waals surface area contributed by atoms with Gasteiger partial charge in [0.25, 0.3) is 11.4 Å². The van der Waals surface area contributed by atoms with Crippen LogP contribution in [0.1, 0.15) is 0 Å². The van der Waals surface area contributed by atoms with Crippen LogP contribution in [0.4, 0.5) is 17.1 Å². The molecule has 1 aliphatic heterocycles. The second-order valence-electron chi connectivity index (χ2n) is 5.11. The van der Waals surface area contributed by atoms with Gasteiger partial charge in [0.1, 0.15) is 30.0 Å². The number of nitro groups is 2. The number of ether oxygens (including phenoxy) is 1. The summed E-state index contributed by atoms with van der Waals surface area (Å²) in [6.07, 6.45) is -6.07. The number of aliphatic hydroxyl groups is 4. The minimum atomic E-state index is -1.68. The lowest BCUT2D eigenvalue weighted by molar-refractivity contribution is -0.393. The summed E-state index contributed by atoms with van der Waals surface area (Å²) in [6, 6.07) is 1.41. The van der Waals surface area contributed by atoms with E-state index in [1.54, 1.807) is 0 Å². The van der Waals surface area contributed by atoms with Crippen LogP contribution in [0.2, 0.25) is 0 Å². The highest BCUT2D eigenvalue weighted by molar-refractivity contribution is 5.65. The SMILES string of the molecule is O=[N+]([O-])c1ccc(N[C@@H]2[C@H](O)[C@H](O)[C@H](CO)O[C@@H]2O)c([N+](=O)[O-])c1. The Morgan fingerprint density at radius 2 is 1.79 bits per heavy atom. The Kier molecular flexibility index (Phi) is 5.26. The van der Waals surface area contributed by atoms with Crippen molar-refractivity contribution in [3.05, 3.63) is 38.4 Å². The molecule has 12 heteroatoms. The molecule has 132 valence electrons. The molecule has 0 aliphatic carbocycles. The highest BCUT2D eigenvalue weighted by Gasteiger charge is 2.44. The summed E-state index contributed by atoms with van der Waals surface area (Å²) in [5.74, 6) is 0. The molecular weight excluding hydrogens is 330 g/mol. The molecule has 1 saturated heterocycles. The molecule has 1 aromatic carbocycles. The Morgan fingerprint density at radius 3 is 2.33 bits per heavy atom. The first-order valence-electron chi connectivity index (χ1n) is 6.76. The monoisotopic (exact) mass is 345 g/mol. The highest BCUT2D eigenvalue weighted by Crippen LogP contribution is 2.31. The van der Waals surface area contributed by atoms with Crippen molar-refractivity contribution in [3.63, 3.8) is 0 Å². The summed E-state index contributed by atoms with van der Waals surface area (Å²) in [6.45, 7) is -0.653. The Hall–Kier alpha value is -2.38. The van der Waals surface area contributed by atoms with Gasteiger partial charge in [0.05, 0.1) is 22.5 Å². The number of rotatable bonds is 5. The van der Waals surface area contributed by atoms with E-state index in [1.165, 1.54) is 0 Å². The van der Waals surface area contributed by atoms with E-state index >= 15 is 0 Å². The Bertz CT molecular complexity index is 640. The van der Waals surface area contributed by atoms with E-state index in [1.807, 2.05) is 0 Å². The van der Waals surface area contributed by atoms with Gasteiger partial charge < -0.3 is 30.5 Å². The van der Waals surface area contributed by atoms with E-state index in [2.05, 4.69) is 5.32 Å². The fourth-order valence-corrected chi connectivity index (χ4v) is 2.34. The molecule has 0 spiro atoms. The van der Waals surface area contributed by atoms with Gasteiger partial charge in [-0.05, 0) is 6.07 Å². The molecule has 1 aliphatic rings. The summed E-state index contributed by atoms with van der Waals surface area (Å²) in [4.78, 5) is 20.1. The molecule has 0 saturated carbocycles. The maximum Gasteiger partial charge on any atom is 0.299 e. The van der Waals surface area contributed by atoms with Gasteiger partial charge in [-0.2, -0.15) is 0 Å². The molecule has 2 rings (SSSR count). The summed E-state index contributed by atoms with van der Waals surface area (Å²) < 4.78 is 4.92. The second-order valence-corrected chi connectivity index (χ2v) is 5.11. The summed E-state index contributed by atoms with van der Waals surface area (Å²) in [5, 5.41) is 62.8. The average Bonchev–Trinajstić information content (AvgIpc) is 2.54. The Balaban J connectivity index is 2.30. The van der Waals surface area contributed by atoms with Crippen molar-refractivity contribution >= 4 is 17.1 Å². The van der Waals surface area contributed by atoms with Gasteiger partial charge in [0, 0.05) is 6.07 Å². The maximum atomic E-state index is 11.1. The predicted molar refractivity (Wildman–Crippen MR) is 77.1 cm³/mol. The number of hydrogen-bond acceptors (Lipinski definition) is 10. The van der Waals surface area contributed by atoms with Crippen molar-refractivity contribution in [1.29, 1.82) is 0 Å². The third-order valence-corrected chi connectivity index (χ3v) is 3.61. The van der Waals surface area contributed by atoms with Crippen molar-refractivity contribution in [2.24, 2.45) is 0 Å². The quantitative estimate of drug-likeness (QED) is 0.317. The van der Waals surface area contributed by atoms with Crippen LogP contribution in [-0.2, 0) is 4.74 Å². The number of aliphatic hydroxyl groups excluding tert-OH is 4. The minimum Gasteiger partial charge on any atom is -0.394 e. The molecule has 5 atom stereocenters. The number of nitrogens with zero attached hydrogens (tertiary/aromatic N) is 2. The molecule has 24 heavy (non-hydrogen) atoms. The van der Waals surface area contributed by atoms with Gasteiger partial charge in [-0.25, -0.2) is 0 Å². The summed E-state index contributed by atoms with van der Waals surface area (Å²) in [5.41, 5.74) is -1.37. The Labute approximate surface area is 134 Å². The van der Waals surface area contributed by atoms with Crippen LogP contribution in [0.3, 0.4) is 0 Å². The van der Waals surface area contributed by atoms with Crippen LogP contribution in [0.25, 0.3) is 0 Å². The lowest BCUT2D eigenvalue weighted by Gasteiger charge is -2.40. The van der Waals surface area contributed by atoms with Crippen LogP contribution in [-0.4, -0.2) is 67.5 Å². The van der Waals surface area contributed by atoms with E-state index in [0.717, 1.165) is 18.2 Å². The molecule has 1 aromatic rings. The normalized spacial score (nSPS) is 29.9. The van der Waals surface area contributed by atoms with Gasteiger partial charge in [-0.1, -0.05) is 0 Å². The van der Waals surface area contributed by atoms with Crippen LogP contribution >= 0.6 is 0 Å². The van der Waals surface area contributed by atoms with Crippen molar-refractivity contribution < 1.29 is 35.0 Å². The molecule has 0 bridgehead atoms. The summed E-state index contributed by atoms with van der Waals surface area (Å²) >= 11 is 0. The van der Waals surface area contributed by atoms with Gasteiger partial charge in [0.2, 0.25) is 0 Å². The molecule has 12 nitrogen and oxygen atoms in total. The van der Waals surface area contributed by atoms with E-state index in [4.69, 9.17) is 9.84 Å². The molecular formula is C12H15N3O9. The van der Waals surface area contributed by atoms with Crippen LogP contribution in [0.15, 0.2) is 18.2 Å². The third kappa shape index (κ3) is 3.42. The number of anilines is 1. The lowest BCUT2D eigenvalue weighted by Crippen LogP contribution is -2.61. The van der Waals surface area contributed by atoms with Crippen molar-refractivity contribution in [2.75, 3.05) is 11.9 Å². The van der Waals surface area contributed by atoms with Crippen LogP contribution in [0.5, 0.6) is 0 Å². The van der Waals surface area contributed by atoms with Crippen molar-refractivity contribution in [1.82, 2.24) is 0 Å². The average molecular weight is 345 g/mol. The topological polar surface area (TPSA) is 188 Å². The number of benzene rings is 1. The molecule has 1 heterocycles. The van der Waals surface area contributed by atoms with Gasteiger partial charge in [-0.3, -0.25) is 20.2 Å². The first kappa shape index (κ1) is 18.0. The van der Waals surface area contributed by atoms with E-state index in [-0.39, 0.29) is 5.69 Å². The zero-order chi connectivity index (χ0) is 18.0. The summed E-state index contributed by atoms with van der Waals surface area (Å²) in [7, 11) is 0. The molecule has 0 aromatic heterocycles. The highest BCUT2D eigenvalue weighted by atomic mass is 16.6. The fraction of sp³-hybridized carbons (Fsp3) is 0.500. The van der Waals surface area contributed by atoms with Crippen LogP contribution < -0.4 is 5.32 Å². The molecule has 0 radical (unpaired) electrons. The fourth-order valence-electron chi connectivity index (χ4n) is 2.34. The van der Waals surface area contributed by atoms with Crippen LogP contribution in [0, 0.1) is 20.2 Å².